The highest BCUT2D eigenvalue weighted by atomic mass is 32.2. The van der Waals surface area contributed by atoms with Crippen molar-refractivity contribution >= 4 is 15.9 Å². The van der Waals surface area contributed by atoms with E-state index in [4.69, 9.17) is 9.47 Å². The minimum atomic E-state index is -3.83. The molecule has 1 unspecified atom stereocenters. The molecule has 6 nitrogen and oxygen atoms in total. The van der Waals surface area contributed by atoms with E-state index >= 15 is 0 Å². The number of carbonyl (C=O) groups is 1. The summed E-state index contributed by atoms with van der Waals surface area (Å²) in [5.41, 5.74) is 2.74. The molecule has 0 bridgehead atoms. The zero-order valence-electron chi connectivity index (χ0n) is 17.9. The van der Waals surface area contributed by atoms with Crippen LogP contribution >= 0.6 is 0 Å². The molecule has 1 atom stereocenters. The van der Waals surface area contributed by atoms with Gasteiger partial charge in [-0.1, -0.05) is 78.4 Å². The minimum absolute atomic E-state index is 0.0501. The van der Waals surface area contributed by atoms with Crippen LogP contribution in [-0.4, -0.2) is 26.5 Å². The van der Waals surface area contributed by atoms with E-state index in [-0.39, 0.29) is 24.5 Å². The normalized spacial score (nSPS) is 12.2. The van der Waals surface area contributed by atoms with Crippen molar-refractivity contribution in [2.75, 3.05) is 6.61 Å². The van der Waals surface area contributed by atoms with E-state index in [2.05, 4.69) is 5.32 Å². The Kier molecular flexibility index (Phi) is 8.41. The Morgan fingerprint density at radius 2 is 1.41 bits per heavy atom. The third kappa shape index (κ3) is 6.93. The second kappa shape index (κ2) is 11.5. The first-order valence-corrected chi connectivity index (χ1v) is 11.9. The third-order valence-electron chi connectivity index (χ3n) is 4.85. The molecule has 0 heterocycles. The molecule has 0 spiro atoms. The summed E-state index contributed by atoms with van der Waals surface area (Å²) < 4.78 is 37.3. The van der Waals surface area contributed by atoms with Crippen LogP contribution in [0.4, 0.5) is 4.79 Å². The number of sulfone groups is 1. The summed E-state index contributed by atoms with van der Waals surface area (Å²) in [4.78, 5) is 12.5. The van der Waals surface area contributed by atoms with Crippen LogP contribution in [0, 0.1) is 6.92 Å². The van der Waals surface area contributed by atoms with Crippen LogP contribution < -0.4 is 5.32 Å². The first-order chi connectivity index (χ1) is 15.4. The number of benzene rings is 3. The zero-order chi connectivity index (χ0) is 22.8. The van der Waals surface area contributed by atoms with E-state index in [1.165, 1.54) is 0 Å². The Morgan fingerprint density at radius 3 is 2.00 bits per heavy atom. The maximum absolute atomic E-state index is 13.2. The van der Waals surface area contributed by atoms with Crippen molar-refractivity contribution in [2.24, 2.45) is 0 Å². The van der Waals surface area contributed by atoms with Crippen molar-refractivity contribution < 1.29 is 22.7 Å². The molecule has 3 aromatic carbocycles. The third-order valence-corrected chi connectivity index (χ3v) is 6.88. The predicted octanol–water partition coefficient (Wildman–Crippen LogP) is 4.63. The molecule has 0 aliphatic heterocycles. The van der Waals surface area contributed by atoms with Crippen molar-refractivity contribution in [3.63, 3.8) is 0 Å². The summed E-state index contributed by atoms with van der Waals surface area (Å²) in [5.74, 6) is 0. The number of ether oxygens (including phenoxy) is 2. The molecule has 0 aliphatic carbocycles. The Balaban J connectivity index is 1.65. The topological polar surface area (TPSA) is 81.7 Å². The lowest BCUT2D eigenvalue weighted by molar-refractivity contribution is 0.111. The first kappa shape index (κ1) is 23.5. The molecule has 168 valence electrons. The molecule has 32 heavy (non-hydrogen) atoms. The number of carbonyl (C=O) groups excluding carboxylic acids is 1. The Morgan fingerprint density at radius 1 is 0.844 bits per heavy atom. The molecule has 1 amide bonds. The highest BCUT2D eigenvalue weighted by Crippen LogP contribution is 2.18. The molecule has 0 radical (unpaired) electrons. The fraction of sp³-hybridized carbons (Fsp3) is 0.240. The highest BCUT2D eigenvalue weighted by Gasteiger charge is 2.29. The summed E-state index contributed by atoms with van der Waals surface area (Å²) in [5, 5.41) is 1.33. The van der Waals surface area contributed by atoms with E-state index in [0.717, 1.165) is 16.7 Å². The van der Waals surface area contributed by atoms with Gasteiger partial charge in [0.15, 0.2) is 9.84 Å². The molecule has 0 aliphatic rings. The lowest BCUT2D eigenvalue weighted by atomic mass is 10.2. The molecule has 7 heteroatoms. The molecule has 3 rings (SSSR count). The lowest BCUT2D eigenvalue weighted by Gasteiger charge is -2.19. The second-order valence-electron chi connectivity index (χ2n) is 7.38. The van der Waals surface area contributed by atoms with E-state index < -0.39 is 21.3 Å². The van der Waals surface area contributed by atoms with Gasteiger partial charge in [-0.05, 0) is 30.2 Å². The van der Waals surface area contributed by atoms with Gasteiger partial charge in [0, 0.05) is 6.42 Å². The quantitative estimate of drug-likeness (QED) is 0.453. The van der Waals surface area contributed by atoms with Crippen molar-refractivity contribution in [2.45, 2.75) is 36.8 Å². The number of nitrogens with one attached hydrogen (secondary N) is 1. The number of hydrogen-bond donors (Lipinski definition) is 1. The maximum atomic E-state index is 13.2. The largest absolute Gasteiger partial charge is 0.445 e. The Bertz CT molecular complexity index is 1080. The molecule has 0 saturated heterocycles. The van der Waals surface area contributed by atoms with Gasteiger partial charge < -0.3 is 14.8 Å². The van der Waals surface area contributed by atoms with Gasteiger partial charge in [0.25, 0.3) is 0 Å². The fourth-order valence-corrected chi connectivity index (χ4v) is 4.55. The van der Waals surface area contributed by atoms with Crippen LogP contribution in [0.25, 0.3) is 0 Å². The lowest BCUT2D eigenvalue weighted by Crippen LogP contribution is -2.41. The molecular formula is C25H27NO5S. The van der Waals surface area contributed by atoms with Crippen molar-refractivity contribution in [1.29, 1.82) is 0 Å². The van der Waals surface area contributed by atoms with E-state index in [9.17, 15) is 13.2 Å². The maximum Gasteiger partial charge on any atom is 0.408 e. The minimum Gasteiger partial charge on any atom is -0.445 e. The molecule has 0 saturated carbocycles. The van der Waals surface area contributed by atoms with Crippen LogP contribution in [0.5, 0.6) is 0 Å². The van der Waals surface area contributed by atoms with Crippen LogP contribution in [0.3, 0.4) is 0 Å². The van der Waals surface area contributed by atoms with Crippen LogP contribution in [-0.2, 0) is 32.5 Å². The summed E-state index contributed by atoms with van der Waals surface area (Å²) in [7, 11) is -3.83. The summed E-state index contributed by atoms with van der Waals surface area (Å²) >= 11 is 0. The first-order valence-electron chi connectivity index (χ1n) is 10.3. The van der Waals surface area contributed by atoms with E-state index in [1.807, 2.05) is 67.6 Å². The van der Waals surface area contributed by atoms with Crippen molar-refractivity contribution in [1.82, 2.24) is 5.32 Å². The number of hydrogen-bond acceptors (Lipinski definition) is 5. The monoisotopic (exact) mass is 453 g/mol. The van der Waals surface area contributed by atoms with Crippen LogP contribution in [0.1, 0.15) is 23.1 Å². The molecule has 0 aromatic heterocycles. The summed E-state index contributed by atoms with van der Waals surface area (Å²) in [6, 6.07) is 25.3. The van der Waals surface area contributed by atoms with Gasteiger partial charge in [-0.15, -0.1) is 0 Å². The molecule has 3 aromatic rings. The van der Waals surface area contributed by atoms with Gasteiger partial charge in [0.2, 0.25) is 0 Å². The van der Waals surface area contributed by atoms with Gasteiger partial charge in [0.05, 0.1) is 18.1 Å². The predicted molar refractivity (Wildman–Crippen MR) is 123 cm³/mol. The average molecular weight is 454 g/mol. The van der Waals surface area contributed by atoms with Crippen LogP contribution in [0.15, 0.2) is 89.8 Å². The average Bonchev–Trinajstić information content (AvgIpc) is 2.81. The smallest absolute Gasteiger partial charge is 0.408 e. The fourth-order valence-electron chi connectivity index (χ4n) is 3.05. The summed E-state index contributed by atoms with van der Waals surface area (Å²) in [6.45, 7) is 2.44. The molecular weight excluding hydrogens is 426 g/mol. The number of rotatable bonds is 10. The van der Waals surface area contributed by atoms with Gasteiger partial charge >= 0.3 is 6.09 Å². The van der Waals surface area contributed by atoms with E-state index in [0.29, 0.717) is 6.61 Å². The van der Waals surface area contributed by atoms with E-state index in [1.54, 1.807) is 24.3 Å². The zero-order valence-corrected chi connectivity index (χ0v) is 18.8. The number of aryl methyl sites for hydroxylation is 1. The van der Waals surface area contributed by atoms with Gasteiger partial charge in [-0.2, -0.15) is 0 Å². The van der Waals surface area contributed by atoms with Crippen LogP contribution in [0.2, 0.25) is 0 Å². The Labute approximate surface area is 189 Å². The van der Waals surface area contributed by atoms with Crippen molar-refractivity contribution in [3.05, 3.63) is 102 Å². The number of amides is 1. The second-order valence-corrected chi connectivity index (χ2v) is 9.51. The number of alkyl carbamates (subject to hydrolysis) is 1. The van der Waals surface area contributed by atoms with Gasteiger partial charge in [0.1, 0.15) is 12.0 Å². The van der Waals surface area contributed by atoms with Gasteiger partial charge in [-0.25, -0.2) is 13.2 Å². The molecule has 0 fully saturated rings. The van der Waals surface area contributed by atoms with Gasteiger partial charge in [-0.3, -0.25) is 0 Å². The standard InChI is InChI=1S/C25H27NO5S/c1-20-12-14-23(15-13-20)32(28,29)24(16-17-30-18-21-8-4-2-5-9-21)26-25(27)31-19-22-10-6-3-7-11-22/h2-15,24H,16-19H2,1H3,(H,26,27). The SMILES string of the molecule is Cc1ccc(S(=O)(=O)C(CCOCc2ccccc2)NC(=O)OCc2ccccc2)cc1. The summed E-state index contributed by atoms with van der Waals surface area (Å²) in [6.07, 6.45) is -0.707. The molecule has 1 N–H and O–H groups in total. The Hall–Kier alpha value is -3.16. The highest BCUT2D eigenvalue weighted by molar-refractivity contribution is 7.92. The van der Waals surface area contributed by atoms with Crippen molar-refractivity contribution in [3.8, 4) is 0 Å².